The van der Waals surface area contributed by atoms with Crippen LogP contribution in [-0.4, -0.2) is 4.98 Å². The van der Waals surface area contributed by atoms with Gasteiger partial charge in [0.25, 0.3) is 0 Å². The number of halogens is 4. The maximum absolute atomic E-state index is 12.8. The first-order valence-electron chi connectivity index (χ1n) is 4.69. The lowest BCUT2D eigenvalue weighted by molar-refractivity contribution is -0.141. The number of pyridine rings is 1. The van der Waals surface area contributed by atoms with Gasteiger partial charge in [-0.05, 0) is 25.1 Å². The van der Waals surface area contributed by atoms with Gasteiger partial charge in [0.15, 0.2) is 5.75 Å². The van der Waals surface area contributed by atoms with E-state index in [1.807, 2.05) is 0 Å². The van der Waals surface area contributed by atoms with Crippen LogP contribution in [0.2, 0.25) is 0 Å². The molecule has 0 bridgehead atoms. The van der Waals surface area contributed by atoms with E-state index in [9.17, 15) is 17.7 Å². The summed E-state index contributed by atoms with van der Waals surface area (Å²) in [5.74, 6) is -0.851. The number of rotatable bonds is 1. The summed E-state index contributed by atoms with van der Waals surface area (Å²) >= 11 is 0. The Labute approximate surface area is 93.7 Å². The molecule has 0 atom stereocenters. The molecule has 2 rings (SSSR count). The number of aryl methyl sites for hydroxylation is 1. The van der Waals surface area contributed by atoms with Crippen LogP contribution in [0.5, 0.6) is 5.75 Å². The van der Waals surface area contributed by atoms with Crippen LogP contribution < -0.4 is 4.94 Å². The van der Waals surface area contributed by atoms with Gasteiger partial charge in [-0.25, -0.2) is 0 Å². The second-order valence-electron chi connectivity index (χ2n) is 3.53. The van der Waals surface area contributed by atoms with E-state index in [4.69, 9.17) is 0 Å². The highest BCUT2D eigenvalue weighted by Gasteiger charge is 2.37. The highest BCUT2D eigenvalue weighted by molar-refractivity contribution is 5.85. The zero-order valence-corrected chi connectivity index (χ0v) is 8.68. The van der Waals surface area contributed by atoms with Gasteiger partial charge in [0.1, 0.15) is 5.56 Å². The van der Waals surface area contributed by atoms with E-state index in [0.29, 0.717) is 5.69 Å². The summed E-state index contributed by atoms with van der Waals surface area (Å²) in [5.41, 5.74) is -0.414. The third kappa shape index (κ3) is 2.02. The molecule has 0 unspecified atom stereocenters. The quantitative estimate of drug-likeness (QED) is 0.712. The normalized spacial score (nSPS) is 11.8. The average Bonchev–Trinajstić information content (AvgIpc) is 2.25. The third-order valence-corrected chi connectivity index (χ3v) is 2.34. The van der Waals surface area contributed by atoms with E-state index >= 15 is 0 Å². The van der Waals surface area contributed by atoms with Crippen molar-refractivity contribution in [2.24, 2.45) is 0 Å². The first-order chi connectivity index (χ1) is 7.93. The number of hydrogen-bond donors (Lipinski definition) is 0. The van der Waals surface area contributed by atoms with Crippen molar-refractivity contribution in [3.05, 3.63) is 35.5 Å². The van der Waals surface area contributed by atoms with E-state index in [1.54, 1.807) is 6.92 Å². The Kier molecular flexibility index (Phi) is 2.65. The minimum Gasteiger partial charge on any atom is -0.294 e. The van der Waals surface area contributed by atoms with Crippen molar-refractivity contribution in [3.63, 3.8) is 0 Å². The predicted octanol–water partition coefficient (Wildman–Crippen LogP) is 3.83. The second-order valence-corrected chi connectivity index (χ2v) is 3.53. The molecule has 0 aliphatic carbocycles. The standard InChI is InChI=1S/C11H7F4NO/c1-6-2-3-7-8(16-6)4-5-9(17-15)10(7)11(12,13)14/h2-5H,1H3. The number of hydrogen-bond acceptors (Lipinski definition) is 2. The van der Waals surface area contributed by atoms with Crippen molar-refractivity contribution in [1.29, 1.82) is 0 Å². The second kappa shape index (κ2) is 3.87. The van der Waals surface area contributed by atoms with Crippen LogP contribution in [0.3, 0.4) is 0 Å². The lowest BCUT2D eigenvalue weighted by Gasteiger charge is -2.12. The summed E-state index contributed by atoms with van der Waals surface area (Å²) in [5, 5.41) is -0.182. The predicted molar refractivity (Wildman–Crippen MR) is 53.2 cm³/mol. The molecule has 2 nitrogen and oxygen atoms in total. The molecule has 0 N–H and O–H groups in total. The molecule has 0 spiro atoms. The summed E-state index contributed by atoms with van der Waals surface area (Å²) < 4.78 is 50.5. The molecule has 0 amide bonds. The van der Waals surface area contributed by atoms with Gasteiger partial charge in [-0.2, -0.15) is 13.2 Å². The molecule has 0 aliphatic rings. The molecule has 0 saturated heterocycles. The molecule has 90 valence electrons. The van der Waals surface area contributed by atoms with E-state index in [1.165, 1.54) is 18.2 Å². The molecule has 0 saturated carbocycles. The largest absolute Gasteiger partial charge is 0.420 e. The molecular weight excluding hydrogens is 238 g/mol. The van der Waals surface area contributed by atoms with E-state index in [2.05, 4.69) is 9.93 Å². The minimum atomic E-state index is -4.70. The molecule has 0 fully saturated rings. The zero-order chi connectivity index (χ0) is 12.6. The number of aromatic nitrogens is 1. The number of alkyl halides is 3. The lowest BCUT2D eigenvalue weighted by atomic mass is 10.1. The summed E-state index contributed by atoms with van der Waals surface area (Å²) in [4.78, 5) is 7.21. The highest BCUT2D eigenvalue weighted by Crippen LogP contribution is 2.40. The maximum atomic E-state index is 12.8. The summed E-state index contributed by atoms with van der Waals surface area (Å²) in [7, 11) is 0. The van der Waals surface area contributed by atoms with Crippen molar-refractivity contribution in [2.75, 3.05) is 0 Å². The van der Waals surface area contributed by atoms with Crippen molar-refractivity contribution in [2.45, 2.75) is 13.1 Å². The Bertz CT molecular complexity index is 565. The summed E-state index contributed by atoms with van der Waals surface area (Å²) in [6.07, 6.45) is -4.70. The van der Waals surface area contributed by atoms with Crippen LogP contribution in [0.25, 0.3) is 10.9 Å². The van der Waals surface area contributed by atoms with Crippen molar-refractivity contribution in [3.8, 4) is 5.75 Å². The zero-order valence-electron chi connectivity index (χ0n) is 8.68. The van der Waals surface area contributed by atoms with Gasteiger partial charge in [0, 0.05) is 15.6 Å². The van der Waals surface area contributed by atoms with E-state index in [0.717, 1.165) is 6.07 Å². The van der Waals surface area contributed by atoms with Gasteiger partial charge < -0.3 is 0 Å². The minimum absolute atomic E-state index is 0.151. The number of fused-ring (bicyclic) bond motifs is 1. The molecule has 1 aromatic carbocycles. The van der Waals surface area contributed by atoms with Crippen molar-refractivity contribution >= 4 is 10.9 Å². The van der Waals surface area contributed by atoms with E-state index < -0.39 is 17.5 Å². The van der Waals surface area contributed by atoms with Crippen LogP contribution in [-0.2, 0) is 6.18 Å². The Hall–Kier alpha value is -1.85. The topological polar surface area (TPSA) is 22.1 Å². The van der Waals surface area contributed by atoms with Gasteiger partial charge in [-0.15, -0.1) is 0 Å². The fourth-order valence-electron chi connectivity index (χ4n) is 1.64. The molecule has 1 aromatic heterocycles. The Morgan fingerprint density at radius 3 is 2.41 bits per heavy atom. The molecule has 0 radical (unpaired) electrons. The third-order valence-electron chi connectivity index (χ3n) is 2.34. The first-order valence-corrected chi connectivity index (χ1v) is 4.69. The molecular formula is C11H7F4NO. The maximum Gasteiger partial charge on any atom is 0.420 e. The van der Waals surface area contributed by atoms with E-state index in [-0.39, 0.29) is 10.9 Å². The SMILES string of the molecule is Cc1ccc2c(C(F)(F)F)c(OF)ccc2n1. The fourth-order valence-corrected chi connectivity index (χ4v) is 1.64. The van der Waals surface area contributed by atoms with Crippen LogP contribution in [0.15, 0.2) is 24.3 Å². The summed E-state index contributed by atoms with van der Waals surface area (Å²) in [6.45, 7) is 1.66. The van der Waals surface area contributed by atoms with Crippen LogP contribution in [0, 0.1) is 6.92 Å². The highest BCUT2D eigenvalue weighted by atomic mass is 19.4. The Morgan fingerprint density at radius 1 is 1.12 bits per heavy atom. The van der Waals surface area contributed by atoms with Gasteiger partial charge in [-0.3, -0.25) is 9.93 Å². The smallest absolute Gasteiger partial charge is 0.294 e. The van der Waals surface area contributed by atoms with Crippen molar-refractivity contribution in [1.82, 2.24) is 4.98 Å². The first kappa shape index (κ1) is 11.6. The van der Waals surface area contributed by atoms with Crippen LogP contribution >= 0.6 is 0 Å². The number of nitrogens with zero attached hydrogens (tertiary/aromatic N) is 1. The van der Waals surface area contributed by atoms with Gasteiger partial charge in [0.2, 0.25) is 0 Å². The van der Waals surface area contributed by atoms with Gasteiger partial charge in [-0.1, -0.05) is 6.07 Å². The number of benzene rings is 1. The lowest BCUT2D eigenvalue weighted by Crippen LogP contribution is -2.08. The summed E-state index contributed by atoms with van der Waals surface area (Å²) in [6, 6.07) is 4.88. The van der Waals surface area contributed by atoms with Crippen LogP contribution in [0.4, 0.5) is 17.7 Å². The van der Waals surface area contributed by atoms with Gasteiger partial charge >= 0.3 is 6.18 Å². The average molecular weight is 245 g/mol. The molecule has 6 heteroatoms. The molecule has 17 heavy (non-hydrogen) atoms. The Balaban J connectivity index is 2.84. The van der Waals surface area contributed by atoms with Crippen molar-refractivity contribution < 1.29 is 22.6 Å². The molecule has 1 heterocycles. The Morgan fingerprint density at radius 2 is 1.82 bits per heavy atom. The van der Waals surface area contributed by atoms with Crippen LogP contribution in [0.1, 0.15) is 11.3 Å². The fraction of sp³-hybridized carbons (Fsp3) is 0.182. The molecule has 2 aromatic rings. The molecule has 0 aliphatic heterocycles. The van der Waals surface area contributed by atoms with Gasteiger partial charge in [0.05, 0.1) is 5.52 Å². The monoisotopic (exact) mass is 245 g/mol.